The molecule has 21 heavy (non-hydrogen) atoms. The van der Waals surface area contributed by atoms with Gasteiger partial charge in [0.15, 0.2) is 0 Å². The smallest absolute Gasteiger partial charge is 0.126 e. The largest absolute Gasteiger partial charge is 0.389 e. The van der Waals surface area contributed by atoms with Crippen LogP contribution in [0, 0.1) is 24.1 Å². The van der Waals surface area contributed by atoms with Gasteiger partial charge in [-0.25, -0.2) is 4.39 Å². The number of nitrogens with zero attached hydrogens (tertiary/aromatic N) is 2. The highest BCUT2D eigenvalue weighted by molar-refractivity contribution is 5.71. The molecule has 1 atom stereocenters. The van der Waals surface area contributed by atoms with E-state index in [9.17, 15) is 14.8 Å². The second-order valence-corrected chi connectivity index (χ2v) is 5.02. The molecule has 0 aliphatic heterocycles. The monoisotopic (exact) mass is 284 g/mol. The molecule has 0 bridgehead atoms. The van der Waals surface area contributed by atoms with Gasteiger partial charge in [0, 0.05) is 18.3 Å². The van der Waals surface area contributed by atoms with Crippen LogP contribution in [0.1, 0.15) is 29.7 Å². The number of para-hydroxylation sites is 1. The lowest BCUT2D eigenvalue weighted by Gasteiger charge is -2.25. The average Bonchev–Trinajstić information content (AvgIpc) is 2.48. The molecule has 2 aromatic carbocycles. The second kappa shape index (κ2) is 5.94. The van der Waals surface area contributed by atoms with Crippen molar-refractivity contribution in [3.63, 3.8) is 0 Å². The molecule has 0 aromatic heterocycles. The fourth-order valence-electron chi connectivity index (χ4n) is 2.30. The summed E-state index contributed by atoms with van der Waals surface area (Å²) in [6, 6.07) is 12.4. The van der Waals surface area contributed by atoms with Crippen LogP contribution in [0.5, 0.6) is 0 Å². The van der Waals surface area contributed by atoms with Crippen molar-refractivity contribution < 1.29 is 9.50 Å². The lowest BCUT2D eigenvalue weighted by molar-refractivity contribution is 0.199. The molecule has 2 aromatic rings. The summed E-state index contributed by atoms with van der Waals surface area (Å²) >= 11 is 0. The minimum Gasteiger partial charge on any atom is -0.389 e. The first kappa shape index (κ1) is 15.0. The summed E-state index contributed by atoms with van der Waals surface area (Å²) < 4.78 is 13.7. The number of nitriles is 1. The number of hydrogen-bond acceptors (Lipinski definition) is 3. The Morgan fingerprint density at radius 1 is 1.24 bits per heavy atom. The molecule has 0 amide bonds. The first-order chi connectivity index (χ1) is 9.95. The number of aliphatic hydroxyl groups is 1. The van der Waals surface area contributed by atoms with Crippen LogP contribution in [0.4, 0.5) is 15.8 Å². The third kappa shape index (κ3) is 2.88. The van der Waals surface area contributed by atoms with Gasteiger partial charge in [-0.15, -0.1) is 0 Å². The fourth-order valence-corrected chi connectivity index (χ4v) is 2.30. The first-order valence-corrected chi connectivity index (χ1v) is 6.66. The third-order valence-electron chi connectivity index (χ3n) is 3.51. The van der Waals surface area contributed by atoms with Gasteiger partial charge in [0.05, 0.1) is 17.4 Å². The van der Waals surface area contributed by atoms with Crippen LogP contribution in [0.15, 0.2) is 36.4 Å². The Balaban J connectivity index is 2.60. The second-order valence-electron chi connectivity index (χ2n) is 5.02. The van der Waals surface area contributed by atoms with Crippen molar-refractivity contribution in [1.82, 2.24) is 0 Å². The van der Waals surface area contributed by atoms with Crippen LogP contribution < -0.4 is 4.90 Å². The number of aryl methyl sites for hydroxylation is 1. The number of aliphatic hydroxyl groups excluding tert-OH is 1. The number of benzene rings is 2. The lowest BCUT2D eigenvalue weighted by atomic mass is 10.0. The maximum absolute atomic E-state index is 13.7. The Bertz CT molecular complexity index is 704. The Morgan fingerprint density at radius 3 is 2.52 bits per heavy atom. The van der Waals surface area contributed by atoms with Gasteiger partial charge in [0.25, 0.3) is 0 Å². The van der Waals surface area contributed by atoms with E-state index in [2.05, 4.69) is 6.07 Å². The van der Waals surface area contributed by atoms with Gasteiger partial charge in [-0.2, -0.15) is 5.26 Å². The van der Waals surface area contributed by atoms with E-state index in [1.54, 1.807) is 44.0 Å². The van der Waals surface area contributed by atoms with Crippen molar-refractivity contribution in [2.45, 2.75) is 20.0 Å². The fraction of sp³-hybridized carbons (Fsp3) is 0.235. The van der Waals surface area contributed by atoms with Crippen LogP contribution in [0.25, 0.3) is 0 Å². The minimum atomic E-state index is -0.799. The van der Waals surface area contributed by atoms with Crippen molar-refractivity contribution in [1.29, 1.82) is 5.26 Å². The summed E-state index contributed by atoms with van der Waals surface area (Å²) in [5, 5.41) is 19.1. The van der Waals surface area contributed by atoms with Gasteiger partial charge in [-0.05, 0) is 43.7 Å². The van der Waals surface area contributed by atoms with E-state index in [1.807, 2.05) is 12.1 Å². The van der Waals surface area contributed by atoms with Gasteiger partial charge in [0.1, 0.15) is 11.9 Å². The Kier molecular flexibility index (Phi) is 4.25. The Labute approximate surface area is 123 Å². The molecule has 1 unspecified atom stereocenters. The van der Waals surface area contributed by atoms with E-state index in [-0.39, 0.29) is 5.82 Å². The molecule has 1 N–H and O–H groups in total. The highest BCUT2D eigenvalue weighted by atomic mass is 19.1. The molecule has 0 aliphatic rings. The predicted octanol–water partition coefficient (Wildman–Crippen LogP) is 3.83. The summed E-state index contributed by atoms with van der Waals surface area (Å²) in [7, 11) is 1.80. The average molecular weight is 284 g/mol. The summed E-state index contributed by atoms with van der Waals surface area (Å²) in [6.45, 7) is 3.27. The standard InChI is InChI=1S/C17H17FN2O/c1-11-8-17(14(12(2)21)9-15(11)18)20(3)16-7-5-4-6-13(16)10-19/h4-9,12,21H,1-3H3. The van der Waals surface area contributed by atoms with Gasteiger partial charge in [-0.3, -0.25) is 0 Å². The minimum absolute atomic E-state index is 0.350. The normalized spacial score (nSPS) is 11.8. The van der Waals surface area contributed by atoms with Crippen molar-refractivity contribution in [2.75, 3.05) is 11.9 Å². The van der Waals surface area contributed by atoms with E-state index in [0.29, 0.717) is 28.1 Å². The molecule has 0 spiro atoms. The molecule has 0 radical (unpaired) electrons. The molecular formula is C17H17FN2O. The molecular weight excluding hydrogens is 267 g/mol. The zero-order valence-corrected chi connectivity index (χ0v) is 12.3. The molecule has 2 rings (SSSR count). The highest BCUT2D eigenvalue weighted by Crippen LogP contribution is 2.34. The van der Waals surface area contributed by atoms with E-state index in [0.717, 1.165) is 0 Å². The van der Waals surface area contributed by atoms with Gasteiger partial charge in [-0.1, -0.05) is 12.1 Å². The van der Waals surface area contributed by atoms with Crippen molar-refractivity contribution in [3.05, 3.63) is 58.9 Å². The van der Waals surface area contributed by atoms with E-state index < -0.39 is 6.10 Å². The molecule has 0 fully saturated rings. The van der Waals surface area contributed by atoms with E-state index in [4.69, 9.17) is 0 Å². The quantitative estimate of drug-likeness (QED) is 0.931. The zero-order chi connectivity index (χ0) is 15.6. The molecule has 108 valence electrons. The van der Waals surface area contributed by atoms with Crippen molar-refractivity contribution in [3.8, 4) is 6.07 Å². The van der Waals surface area contributed by atoms with Crippen LogP contribution in [-0.4, -0.2) is 12.2 Å². The topological polar surface area (TPSA) is 47.3 Å². The van der Waals surface area contributed by atoms with Crippen LogP contribution in [0.2, 0.25) is 0 Å². The van der Waals surface area contributed by atoms with E-state index >= 15 is 0 Å². The SMILES string of the molecule is Cc1cc(N(C)c2ccccc2C#N)c(C(C)O)cc1F. The summed E-state index contributed by atoms with van der Waals surface area (Å²) in [5.41, 5.74) is 2.92. The Hall–Kier alpha value is -2.38. The van der Waals surface area contributed by atoms with Crippen LogP contribution >= 0.6 is 0 Å². The molecule has 0 aliphatic carbocycles. The van der Waals surface area contributed by atoms with E-state index in [1.165, 1.54) is 6.07 Å². The number of rotatable bonds is 3. The Morgan fingerprint density at radius 2 is 1.90 bits per heavy atom. The number of halogens is 1. The maximum atomic E-state index is 13.7. The lowest BCUT2D eigenvalue weighted by Crippen LogP contribution is -2.15. The predicted molar refractivity (Wildman–Crippen MR) is 81.0 cm³/mol. The third-order valence-corrected chi connectivity index (χ3v) is 3.51. The highest BCUT2D eigenvalue weighted by Gasteiger charge is 2.17. The van der Waals surface area contributed by atoms with Crippen molar-refractivity contribution >= 4 is 11.4 Å². The molecule has 0 heterocycles. The molecule has 0 saturated heterocycles. The van der Waals surface area contributed by atoms with Crippen molar-refractivity contribution in [2.24, 2.45) is 0 Å². The number of anilines is 2. The molecule has 0 saturated carbocycles. The van der Waals surface area contributed by atoms with Crippen LogP contribution in [-0.2, 0) is 0 Å². The zero-order valence-electron chi connectivity index (χ0n) is 12.3. The summed E-state index contributed by atoms with van der Waals surface area (Å²) in [6.07, 6.45) is -0.799. The van der Waals surface area contributed by atoms with Gasteiger partial charge in [0.2, 0.25) is 0 Å². The van der Waals surface area contributed by atoms with Gasteiger partial charge < -0.3 is 10.0 Å². The van der Waals surface area contributed by atoms with Crippen LogP contribution in [0.3, 0.4) is 0 Å². The number of hydrogen-bond donors (Lipinski definition) is 1. The maximum Gasteiger partial charge on any atom is 0.126 e. The summed E-state index contributed by atoms with van der Waals surface area (Å²) in [5.74, 6) is -0.350. The molecule has 3 nitrogen and oxygen atoms in total. The summed E-state index contributed by atoms with van der Waals surface area (Å²) in [4.78, 5) is 1.80. The van der Waals surface area contributed by atoms with Gasteiger partial charge >= 0.3 is 0 Å². The first-order valence-electron chi connectivity index (χ1n) is 6.66. The molecule has 4 heteroatoms.